The first-order valence-corrected chi connectivity index (χ1v) is 12.0. The Morgan fingerprint density at radius 2 is 1.41 bits per heavy atom. The fraction of sp³-hybridized carbons (Fsp3) is 0.556. The number of hydrogen-bond donors (Lipinski definition) is 2. The van der Waals surface area contributed by atoms with E-state index < -0.39 is 0 Å². The molecule has 0 amide bonds. The number of aromatic hydroxyl groups is 2. The van der Waals surface area contributed by atoms with Crippen LogP contribution >= 0.6 is 0 Å². The van der Waals surface area contributed by atoms with Gasteiger partial charge in [-0.1, -0.05) is 39.8 Å². The fourth-order valence-electron chi connectivity index (χ4n) is 4.51. The van der Waals surface area contributed by atoms with Crippen molar-refractivity contribution in [2.75, 3.05) is 39.4 Å². The SMILES string of the molecule is CCCN(CCC)Cc1cc(C(C)(C)c2ccc(O)c(CN3CCOCC3)c2)ccc1O. The molecule has 2 N–H and O–H groups in total. The molecule has 0 atom stereocenters. The number of rotatable bonds is 10. The molecule has 5 nitrogen and oxygen atoms in total. The van der Waals surface area contributed by atoms with Crippen LogP contribution in [-0.4, -0.2) is 59.4 Å². The van der Waals surface area contributed by atoms with E-state index in [1.165, 1.54) is 5.56 Å². The van der Waals surface area contributed by atoms with Crippen molar-refractivity contribution in [3.05, 3.63) is 58.7 Å². The lowest BCUT2D eigenvalue weighted by atomic mass is 9.77. The number of morpholine rings is 1. The number of hydrogen-bond acceptors (Lipinski definition) is 5. The monoisotopic (exact) mass is 440 g/mol. The maximum atomic E-state index is 10.5. The van der Waals surface area contributed by atoms with Crippen LogP contribution in [0.2, 0.25) is 0 Å². The summed E-state index contributed by atoms with van der Waals surface area (Å²) in [6, 6.07) is 12.0. The molecule has 2 aromatic carbocycles. The van der Waals surface area contributed by atoms with Crippen LogP contribution < -0.4 is 0 Å². The van der Waals surface area contributed by atoms with E-state index in [2.05, 4.69) is 49.6 Å². The highest BCUT2D eigenvalue weighted by molar-refractivity contribution is 5.47. The minimum atomic E-state index is -0.254. The van der Waals surface area contributed by atoms with Crippen LogP contribution in [-0.2, 0) is 23.2 Å². The van der Waals surface area contributed by atoms with E-state index in [4.69, 9.17) is 4.74 Å². The van der Waals surface area contributed by atoms with Gasteiger partial charge in [0.2, 0.25) is 0 Å². The Morgan fingerprint density at radius 1 is 0.875 bits per heavy atom. The quantitative estimate of drug-likeness (QED) is 0.552. The molecule has 3 rings (SSSR count). The van der Waals surface area contributed by atoms with Crippen molar-refractivity contribution in [2.24, 2.45) is 0 Å². The number of phenols is 2. The molecule has 1 heterocycles. The molecule has 1 aliphatic rings. The predicted molar refractivity (Wildman–Crippen MR) is 130 cm³/mol. The third-order valence-corrected chi connectivity index (χ3v) is 6.57. The highest BCUT2D eigenvalue weighted by Crippen LogP contribution is 2.36. The molecule has 1 fully saturated rings. The summed E-state index contributed by atoms with van der Waals surface area (Å²) in [5.74, 6) is 0.706. The Kier molecular flexibility index (Phi) is 8.57. The van der Waals surface area contributed by atoms with Gasteiger partial charge in [-0.05, 0) is 61.3 Å². The molecular formula is C27H40N2O3. The highest BCUT2D eigenvalue weighted by atomic mass is 16.5. The standard InChI is InChI=1S/C27H40N2O3/c1-5-11-28(12-6-2)19-21-17-23(7-9-25(21)30)27(3,4)24-8-10-26(31)22(18-24)20-29-13-15-32-16-14-29/h7-10,17-18,30-31H,5-6,11-16,19-20H2,1-4H3. The Labute approximate surface area is 193 Å². The molecule has 0 spiro atoms. The lowest BCUT2D eigenvalue weighted by molar-refractivity contribution is 0.0338. The maximum absolute atomic E-state index is 10.5. The fourth-order valence-corrected chi connectivity index (χ4v) is 4.51. The van der Waals surface area contributed by atoms with E-state index in [9.17, 15) is 10.2 Å². The molecule has 32 heavy (non-hydrogen) atoms. The molecule has 0 aromatic heterocycles. The van der Waals surface area contributed by atoms with Crippen molar-refractivity contribution in [1.82, 2.24) is 9.80 Å². The van der Waals surface area contributed by atoms with Gasteiger partial charge in [-0.15, -0.1) is 0 Å². The molecule has 0 radical (unpaired) electrons. The zero-order chi connectivity index (χ0) is 23.1. The second-order valence-corrected chi connectivity index (χ2v) is 9.48. The Balaban J connectivity index is 1.86. The van der Waals surface area contributed by atoms with Gasteiger partial charge in [-0.3, -0.25) is 9.80 Å². The Hall–Kier alpha value is -2.08. The van der Waals surface area contributed by atoms with Crippen LogP contribution in [0.3, 0.4) is 0 Å². The minimum Gasteiger partial charge on any atom is -0.508 e. The van der Waals surface area contributed by atoms with Gasteiger partial charge in [0.25, 0.3) is 0 Å². The largest absolute Gasteiger partial charge is 0.508 e. The van der Waals surface area contributed by atoms with Gasteiger partial charge in [-0.25, -0.2) is 0 Å². The molecule has 2 aromatic rings. The first kappa shape index (κ1) is 24.6. The summed E-state index contributed by atoms with van der Waals surface area (Å²) in [4.78, 5) is 4.73. The van der Waals surface area contributed by atoms with E-state index in [0.29, 0.717) is 11.5 Å². The van der Waals surface area contributed by atoms with Gasteiger partial charge in [0.1, 0.15) is 11.5 Å². The van der Waals surface area contributed by atoms with E-state index in [-0.39, 0.29) is 5.41 Å². The van der Waals surface area contributed by atoms with E-state index >= 15 is 0 Å². The third kappa shape index (κ3) is 6.03. The molecule has 5 heteroatoms. The van der Waals surface area contributed by atoms with Crippen LogP contribution in [0.15, 0.2) is 36.4 Å². The molecule has 176 valence electrons. The normalized spacial score (nSPS) is 15.4. The summed E-state index contributed by atoms with van der Waals surface area (Å²) < 4.78 is 5.45. The second kappa shape index (κ2) is 11.2. The lowest BCUT2D eigenvalue weighted by Gasteiger charge is -2.30. The third-order valence-electron chi connectivity index (χ3n) is 6.57. The number of ether oxygens (including phenoxy) is 1. The molecule has 0 unspecified atom stereocenters. The van der Waals surface area contributed by atoms with Crippen molar-refractivity contribution < 1.29 is 14.9 Å². The maximum Gasteiger partial charge on any atom is 0.120 e. The molecule has 0 aliphatic carbocycles. The average Bonchev–Trinajstić information content (AvgIpc) is 2.77. The van der Waals surface area contributed by atoms with Crippen LogP contribution in [0.4, 0.5) is 0 Å². The molecule has 1 aliphatic heterocycles. The molecule has 1 saturated heterocycles. The average molecular weight is 441 g/mol. The summed E-state index contributed by atoms with van der Waals surface area (Å²) in [6.45, 7) is 15.6. The van der Waals surface area contributed by atoms with Gasteiger partial charge in [0, 0.05) is 42.7 Å². The van der Waals surface area contributed by atoms with Crippen molar-refractivity contribution in [3.8, 4) is 11.5 Å². The van der Waals surface area contributed by atoms with Crippen molar-refractivity contribution in [2.45, 2.75) is 59.0 Å². The van der Waals surface area contributed by atoms with Gasteiger partial charge in [0.15, 0.2) is 0 Å². The molecule has 0 saturated carbocycles. The zero-order valence-electron chi connectivity index (χ0n) is 20.2. The van der Waals surface area contributed by atoms with E-state index in [1.807, 2.05) is 24.3 Å². The summed E-state index contributed by atoms with van der Waals surface area (Å²) in [5.41, 5.74) is 4.00. The van der Waals surface area contributed by atoms with Gasteiger partial charge >= 0.3 is 0 Å². The predicted octanol–water partition coefficient (Wildman–Crippen LogP) is 4.88. The minimum absolute atomic E-state index is 0.254. The Bertz CT molecular complexity index is 869. The van der Waals surface area contributed by atoms with E-state index in [1.54, 1.807) is 0 Å². The van der Waals surface area contributed by atoms with Crippen LogP contribution in [0, 0.1) is 0 Å². The first-order valence-electron chi connectivity index (χ1n) is 12.0. The number of phenolic OH excluding ortho intramolecular Hbond substituents is 2. The summed E-state index contributed by atoms with van der Waals surface area (Å²) >= 11 is 0. The van der Waals surface area contributed by atoms with Crippen LogP contribution in [0.5, 0.6) is 11.5 Å². The lowest BCUT2D eigenvalue weighted by Crippen LogP contribution is -2.35. The van der Waals surface area contributed by atoms with Gasteiger partial charge < -0.3 is 14.9 Å². The van der Waals surface area contributed by atoms with Crippen molar-refractivity contribution in [3.63, 3.8) is 0 Å². The Morgan fingerprint density at radius 3 is 1.97 bits per heavy atom. The van der Waals surface area contributed by atoms with Crippen LogP contribution in [0.1, 0.15) is 62.8 Å². The summed E-state index contributed by atoms with van der Waals surface area (Å²) in [5, 5.41) is 21.0. The molecule has 0 bridgehead atoms. The zero-order valence-corrected chi connectivity index (χ0v) is 20.2. The number of nitrogens with zero attached hydrogens (tertiary/aromatic N) is 2. The molecular weight excluding hydrogens is 400 g/mol. The number of benzene rings is 2. The topological polar surface area (TPSA) is 56.2 Å². The van der Waals surface area contributed by atoms with E-state index in [0.717, 1.165) is 82.0 Å². The first-order chi connectivity index (χ1) is 15.3. The summed E-state index contributed by atoms with van der Waals surface area (Å²) in [7, 11) is 0. The second-order valence-electron chi connectivity index (χ2n) is 9.48. The van der Waals surface area contributed by atoms with Gasteiger partial charge in [0.05, 0.1) is 13.2 Å². The smallest absolute Gasteiger partial charge is 0.120 e. The van der Waals surface area contributed by atoms with Gasteiger partial charge in [-0.2, -0.15) is 0 Å². The van der Waals surface area contributed by atoms with Crippen LogP contribution in [0.25, 0.3) is 0 Å². The van der Waals surface area contributed by atoms with Crippen molar-refractivity contribution in [1.29, 1.82) is 0 Å². The van der Waals surface area contributed by atoms with Crippen molar-refractivity contribution >= 4 is 0 Å². The summed E-state index contributed by atoms with van der Waals surface area (Å²) in [6.07, 6.45) is 2.21. The highest BCUT2D eigenvalue weighted by Gasteiger charge is 2.26.